The lowest BCUT2D eigenvalue weighted by Crippen LogP contribution is -2.31. The van der Waals surface area contributed by atoms with Crippen LogP contribution in [0.2, 0.25) is 0 Å². The van der Waals surface area contributed by atoms with E-state index in [0.717, 1.165) is 0 Å². The fourth-order valence-corrected chi connectivity index (χ4v) is 1.49. The number of hydrogen-bond donors (Lipinski definition) is 1. The van der Waals surface area contributed by atoms with Crippen molar-refractivity contribution in [3.63, 3.8) is 0 Å². The molecule has 0 unspecified atom stereocenters. The summed E-state index contributed by atoms with van der Waals surface area (Å²) in [6.07, 6.45) is -3.71. The van der Waals surface area contributed by atoms with E-state index in [2.05, 4.69) is 14.8 Å². The normalized spacial score (nSPS) is 16.1. The molecule has 0 aliphatic carbocycles. The topological polar surface area (TPSA) is 47.6 Å². The largest absolute Gasteiger partial charge is 0.586 e. The Morgan fingerprint density at radius 3 is 2.71 bits per heavy atom. The molecule has 0 radical (unpaired) electrons. The number of ether oxygens (including phenoxy) is 2. The van der Waals surface area contributed by atoms with Crippen molar-refractivity contribution in [3.05, 3.63) is 23.8 Å². The molecule has 1 amide bonds. The van der Waals surface area contributed by atoms with E-state index in [-0.39, 0.29) is 23.1 Å². The zero-order valence-electron chi connectivity index (χ0n) is 9.29. The Hall–Kier alpha value is -1.85. The van der Waals surface area contributed by atoms with Gasteiger partial charge in [-0.05, 0) is 26.0 Å². The third-order valence-electron chi connectivity index (χ3n) is 2.09. The van der Waals surface area contributed by atoms with E-state index in [1.165, 1.54) is 18.2 Å². The molecular formula is C11H11F2NO3. The van der Waals surface area contributed by atoms with Crippen molar-refractivity contribution in [2.75, 3.05) is 0 Å². The molecule has 92 valence electrons. The molecule has 1 N–H and O–H groups in total. The molecule has 6 heteroatoms. The van der Waals surface area contributed by atoms with E-state index in [1.54, 1.807) is 13.8 Å². The van der Waals surface area contributed by atoms with Crippen LogP contribution in [-0.4, -0.2) is 18.2 Å². The van der Waals surface area contributed by atoms with Gasteiger partial charge >= 0.3 is 6.29 Å². The summed E-state index contributed by atoms with van der Waals surface area (Å²) in [5.41, 5.74) is 0.0355. The predicted molar refractivity (Wildman–Crippen MR) is 55.2 cm³/mol. The fourth-order valence-electron chi connectivity index (χ4n) is 1.49. The fraction of sp³-hybridized carbons (Fsp3) is 0.364. The lowest BCUT2D eigenvalue weighted by atomic mass is 10.1. The number of carbonyl (C=O) groups excluding carboxylic acids is 1. The van der Waals surface area contributed by atoms with Crippen LogP contribution in [0, 0.1) is 0 Å². The third-order valence-corrected chi connectivity index (χ3v) is 2.09. The van der Waals surface area contributed by atoms with E-state index < -0.39 is 12.2 Å². The van der Waals surface area contributed by atoms with Gasteiger partial charge in [0.2, 0.25) is 0 Å². The molecule has 1 aliphatic rings. The molecule has 0 bridgehead atoms. The number of carbonyl (C=O) groups is 1. The SMILES string of the molecule is CC(C)NC(=O)c1cccc2c1OC(F)(F)O2. The Morgan fingerprint density at radius 1 is 1.35 bits per heavy atom. The first-order chi connectivity index (χ1) is 7.89. The second-order valence-corrected chi connectivity index (χ2v) is 3.93. The summed E-state index contributed by atoms with van der Waals surface area (Å²) >= 11 is 0. The second kappa shape index (κ2) is 3.87. The number of alkyl halides is 2. The minimum absolute atomic E-state index is 0.0355. The molecular weight excluding hydrogens is 232 g/mol. The molecule has 1 aromatic carbocycles. The van der Waals surface area contributed by atoms with Gasteiger partial charge in [-0.15, -0.1) is 8.78 Å². The van der Waals surface area contributed by atoms with Crippen LogP contribution < -0.4 is 14.8 Å². The van der Waals surface area contributed by atoms with E-state index in [4.69, 9.17) is 0 Å². The van der Waals surface area contributed by atoms with Gasteiger partial charge in [0.15, 0.2) is 11.5 Å². The smallest absolute Gasteiger partial charge is 0.395 e. The summed E-state index contributed by atoms with van der Waals surface area (Å²) in [7, 11) is 0. The van der Waals surface area contributed by atoms with Gasteiger partial charge in [0.25, 0.3) is 5.91 Å². The standard InChI is InChI=1S/C11H11F2NO3/c1-6(2)14-10(15)7-4-3-5-8-9(7)17-11(12,13)16-8/h3-6H,1-2H3,(H,14,15). The summed E-state index contributed by atoms with van der Waals surface area (Å²) < 4.78 is 34.3. The number of halogens is 2. The van der Waals surface area contributed by atoms with Crippen LogP contribution in [0.15, 0.2) is 18.2 Å². The van der Waals surface area contributed by atoms with Gasteiger partial charge in [0, 0.05) is 6.04 Å². The average Bonchev–Trinajstić information content (AvgIpc) is 2.49. The van der Waals surface area contributed by atoms with Gasteiger partial charge in [-0.1, -0.05) is 6.07 Å². The zero-order valence-corrected chi connectivity index (χ0v) is 9.29. The highest BCUT2D eigenvalue weighted by atomic mass is 19.3. The first-order valence-corrected chi connectivity index (χ1v) is 5.09. The lowest BCUT2D eigenvalue weighted by Gasteiger charge is -2.10. The van der Waals surface area contributed by atoms with Gasteiger partial charge in [0.1, 0.15) is 0 Å². The van der Waals surface area contributed by atoms with Gasteiger partial charge in [-0.2, -0.15) is 0 Å². The first-order valence-electron chi connectivity index (χ1n) is 5.09. The summed E-state index contributed by atoms with van der Waals surface area (Å²) in [4.78, 5) is 11.7. The highest BCUT2D eigenvalue weighted by molar-refractivity contribution is 5.98. The van der Waals surface area contributed by atoms with Gasteiger partial charge < -0.3 is 14.8 Å². The molecule has 0 saturated heterocycles. The Bertz CT molecular complexity index is 460. The molecule has 1 aromatic rings. The summed E-state index contributed by atoms with van der Waals surface area (Å²) in [6.45, 7) is 3.54. The van der Waals surface area contributed by atoms with Crippen molar-refractivity contribution >= 4 is 5.91 Å². The number of para-hydroxylation sites is 1. The molecule has 2 rings (SSSR count). The molecule has 0 spiro atoms. The Kier molecular flexibility index (Phi) is 2.65. The first kappa shape index (κ1) is 11.6. The van der Waals surface area contributed by atoms with Crippen LogP contribution in [0.5, 0.6) is 11.5 Å². The Morgan fingerprint density at radius 2 is 2.06 bits per heavy atom. The van der Waals surface area contributed by atoms with Gasteiger partial charge in [-0.3, -0.25) is 4.79 Å². The van der Waals surface area contributed by atoms with E-state index >= 15 is 0 Å². The number of hydrogen-bond acceptors (Lipinski definition) is 3. The van der Waals surface area contributed by atoms with Crippen molar-refractivity contribution < 1.29 is 23.0 Å². The summed E-state index contributed by atoms with van der Waals surface area (Å²) in [5, 5.41) is 2.60. The Labute approximate surface area is 96.5 Å². The van der Waals surface area contributed by atoms with Crippen LogP contribution in [0.25, 0.3) is 0 Å². The third kappa shape index (κ3) is 2.30. The minimum Gasteiger partial charge on any atom is -0.395 e. The van der Waals surface area contributed by atoms with Crippen LogP contribution >= 0.6 is 0 Å². The number of benzene rings is 1. The van der Waals surface area contributed by atoms with Crippen LogP contribution in [0.4, 0.5) is 8.78 Å². The van der Waals surface area contributed by atoms with Crippen LogP contribution in [0.1, 0.15) is 24.2 Å². The monoisotopic (exact) mass is 243 g/mol. The van der Waals surface area contributed by atoms with Crippen molar-refractivity contribution in [2.24, 2.45) is 0 Å². The van der Waals surface area contributed by atoms with Crippen molar-refractivity contribution in [2.45, 2.75) is 26.2 Å². The lowest BCUT2D eigenvalue weighted by molar-refractivity contribution is -0.286. The molecule has 0 saturated carbocycles. The van der Waals surface area contributed by atoms with E-state index in [9.17, 15) is 13.6 Å². The minimum atomic E-state index is -3.71. The van der Waals surface area contributed by atoms with Gasteiger partial charge in [0.05, 0.1) is 5.56 Å². The number of rotatable bonds is 2. The maximum absolute atomic E-state index is 12.9. The molecule has 1 aliphatic heterocycles. The Balaban J connectivity index is 2.33. The van der Waals surface area contributed by atoms with Crippen LogP contribution in [0.3, 0.4) is 0 Å². The van der Waals surface area contributed by atoms with Crippen molar-refractivity contribution in [1.29, 1.82) is 0 Å². The summed E-state index contributed by atoms with van der Waals surface area (Å²) in [5.74, 6) is -0.833. The quantitative estimate of drug-likeness (QED) is 0.865. The molecule has 0 aromatic heterocycles. The van der Waals surface area contributed by atoms with Crippen molar-refractivity contribution in [1.82, 2.24) is 5.32 Å². The van der Waals surface area contributed by atoms with Gasteiger partial charge in [-0.25, -0.2) is 0 Å². The maximum atomic E-state index is 12.9. The molecule has 4 nitrogen and oxygen atoms in total. The van der Waals surface area contributed by atoms with Crippen LogP contribution in [-0.2, 0) is 0 Å². The predicted octanol–water partition coefficient (Wildman–Crippen LogP) is 2.15. The highest BCUT2D eigenvalue weighted by Gasteiger charge is 2.45. The number of fused-ring (bicyclic) bond motifs is 1. The molecule has 0 fully saturated rings. The van der Waals surface area contributed by atoms with Crippen molar-refractivity contribution in [3.8, 4) is 11.5 Å². The van der Waals surface area contributed by atoms with E-state index in [1.807, 2.05) is 0 Å². The second-order valence-electron chi connectivity index (χ2n) is 3.93. The molecule has 17 heavy (non-hydrogen) atoms. The summed E-state index contributed by atoms with van der Waals surface area (Å²) in [6, 6.07) is 4.09. The molecule has 0 atom stereocenters. The number of amides is 1. The number of nitrogens with one attached hydrogen (secondary N) is 1. The maximum Gasteiger partial charge on any atom is 0.586 e. The highest BCUT2D eigenvalue weighted by Crippen LogP contribution is 2.43. The molecule has 1 heterocycles. The van der Waals surface area contributed by atoms with E-state index in [0.29, 0.717) is 0 Å². The average molecular weight is 243 g/mol. The zero-order chi connectivity index (χ0) is 12.6.